The zero-order chi connectivity index (χ0) is 14.7. The second kappa shape index (κ2) is 6.67. The standard InChI is InChI=1S/C13H23N3O3S/c1-3-20(19)9-4-12(17)16-8-7-15-6-5-14(2)13(18)11(15)10-16/h11H,3-10H2,1-2H3/t11-,20-/m0/s1. The molecule has 0 spiro atoms. The van der Waals surface area contributed by atoms with Gasteiger partial charge in [0.2, 0.25) is 11.8 Å². The first kappa shape index (κ1) is 15.4. The highest BCUT2D eigenvalue weighted by Gasteiger charge is 2.38. The normalized spacial score (nSPS) is 25.5. The molecule has 2 saturated heterocycles. The number of likely N-dealkylation sites (N-methyl/N-ethyl adjacent to an activating group) is 1. The number of hydrogen-bond donors (Lipinski definition) is 0. The lowest BCUT2D eigenvalue weighted by molar-refractivity contribution is -0.147. The van der Waals surface area contributed by atoms with Gasteiger partial charge in [0.15, 0.2) is 0 Å². The van der Waals surface area contributed by atoms with Crippen LogP contribution in [0.3, 0.4) is 0 Å². The van der Waals surface area contributed by atoms with E-state index in [0.717, 1.165) is 19.6 Å². The highest BCUT2D eigenvalue weighted by Crippen LogP contribution is 2.16. The van der Waals surface area contributed by atoms with Crippen LogP contribution in [0.25, 0.3) is 0 Å². The van der Waals surface area contributed by atoms with Crippen molar-refractivity contribution in [1.29, 1.82) is 0 Å². The summed E-state index contributed by atoms with van der Waals surface area (Å²) >= 11 is 0. The van der Waals surface area contributed by atoms with Crippen molar-refractivity contribution < 1.29 is 13.8 Å². The summed E-state index contributed by atoms with van der Waals surface area (Å²) in [6.07, 6.45) is 0.317. The number of amides is 2. The lowest BCUT2D eigenvalue weighted by Gasteiger charge is -2.45. The predicted molar refractivity (Wildman–Crippen MR) is 77.7 cm³/mol. The van der Waals surface area contributed by atoms with Gasteiger partial charge in [-0.2, -0.15) is 0 Å². The van der Waals surface area contributed by atoms with E-state index in [9.17, 15) is 13.8 Å². The van der Waals surface area contributed by atoms with Crippen molar-refractivity contribution in [2.45, 2.75) is 19.4 Å². The van der Waals surface area contributed by atoms with Crippen LogP contribution in [-0.2, 0) is 20.4 Å². The van der Waals surface area contributed by atoms with Gasteiger partial charge in [-0.15, -0.1) is 0 Å². The fraction of sp³-hybridized carbons (Fsp3) is 0.846. The van der Waals surface area contributed by atoms with Crippen molar-refractivity contribution >= 4 is 22.6 Å². The molecule has 2 atom stereocenters. The summed E-state index contributed by atoms with van der Waals surface area (Å²) in [5, 5.41) is 0. The van der Waals surface area contributed by atoms with E-state index in [1.54, 1.807) is 9.80 Å². The molecule has 20 heavy (non-hydrogen) atoms. The summed E-state index contributed by atoms with van der Waals surface area (Å²) < 4.78 is 11.4. The third-order valence-electron chi connectivity index (χ3n) is 4.09. The average Bonchev–Trinajstić information content (AvgIpc) is 2.48. The third kappa shape index (κ3) is 3.38. The number of fused-ring (bicyclic) bond motifs is 1. The fourth-order valence-corrected chi connectivity index (χ4v) is 3.39. The number of nitrogens with zero attached hydrogens (tertiary/aromatic N) is 3. The molecule has 0 saturated carbocycles. The quantitative estimate of drug-likeness (QED) is 0.677. The summed E-state index contributed by atoms with van der Waals surface area (Å²) in [5.41, 5.74) is 0. The Balaban J connectivity index is 1.90. The van der Waals surface area contributed by atoms with Crippen molar-refractivity contribution in [1.82, 2.24) is 14.7 Å². The Morgan fingerprint density at radius 1 is 1.30 bits per heavy atom. The van der Waals surface area contributed by atoms with E-state index in [1.165, 1.54) is 0 Å². The lowest BCUT2D eigenvalue weighted by Crippen LogP contribution is -2.64. The van der Waals surface area contributed by atoms with Gasteiger partial charge in [0, 0.05) is 68.5 Å². The van der Waals surface area contributed by atoms with Crippen LogP contribution in [0, 0.1) is 0 Å². The first-order valence-corrected chi connectivity index (χ1v) is 8.63. The molecule has 0 unspecified atom stereocenters. The molecule has 0 radical (unpaired) electrons. The van der Waals surface area contributed by atoms with E-state index >= 15 is 0 Å². The zero-order valence-electron chi connectivity index (χ0n) is 12.2. The molecule has 2 fully saturated rings. The second-order valence-electron chi connectivity index (χ2n) is 5.33. The van der Waals surface area contributed by atoms with Crippen LogP contribution in [0.2, 0.25) is 0 Å². The molecule has 7 heteroatoms. The largest absolute Gasteiger partial charge is 0.343 e. The Kier molecular flexibility index (Phi) is 5.15. The lowest BCUT2D eigenvalue weighted by atomic mass is 10.1. The molecule has 114 valence electrons. The molecule has 2 aliphatic rings. The Bertz CT molecular complexity index is 416. The average molecular weight is 301 g/mol. The van der Waals surface area contributed by atoms with Crippen LogP contribution < -0.4 is 0 Å². The fourth-order valence-electron chi connectivity index (χ4n) is 2.70. The number of carbonyl (C=O) groups excluding carboxylic acids is 2. The van der Waals surface area contributed by atoms with E-state index in [1.807, 2.05) is 14.0 Å². The van der Waals surface area contributed by atoms with Crippen molar-refractivity contribution in [2.24, 2.45) is 0 Å². The molecule has 2 aliphatic heterocycles. The molecule has 2 amide bonds. The maximum atomic E-state index is 12.1. The smallest absolute Gasteiger partial charge is 0.241 e. The van der Waals surface area contributed by atoms with Crippen molar-refractivity contribution in [3.05, 3.63) is 0 Å². The van der Waals surface area contributed by atoms with Gasteiger partial charge in [0.1, 0.15) is 6.04 Å². The van der Waals surface area contributed by atoms with Gasteiger partial charge in [-0.1, -0.05) is 6.92 Å². The SMILES string of the molecule is CC[S@](=O)CCC(=O)N1CCN2CCN(C)C(=O)[C@@H]2C1. The highest BCUT2D eigenvalue weighted by molar-refractivity contribution is 7.84. The van der Waals surface area contributed by atoms with E-state index in [0.29, 0.717) is 31.0 Å². The van der Waals surface area contributed by atoms with Crippen LogP contribution in [0.4, 0.5) is 0 Å². The number of rotatable bonds is 4. The van der Waals surface area contributed by atoms with Crippen LogP contribution in [0.15, 0.2) is 0 Å². The van der Waals surface area contributed by atoms with Gasteiger partial charge < -0.3 is 9.80 Å². The highest BCUT2D eigenvalue weighted by atomic mass is 32.2. The molecule has 2 heterocycles. The Labute approximate surface area is 122 Å². The second-order valence-corrected chi connectivity index (χ2v) is 7.20. The first-order chi connectivity index (χ1) is 9.52. The predicted octanol–water partition coefficient (Wildman–Crippen LogP) is -0.870. The van der Waals surface area contributed by atoms with Crippen LogP contribution in [-0.4, -0.2) is 88.0 Å². The number of carbonyl (C=O) groups is 2. The molecular formula is C13H23N3O3S. The Hall–Kier alpha value is -0.950. The molecule has 0 aromatic heterocycles. The summed E-state index contributed by atoms with van der Waals surface area (Å²) in [7, 11) is 0.905. The number of hydrogen-bond acceptors (Lipinski definition) is 4. The molecule has 0 bridgehead atoms. The summed E-state index contributed by atoms with van der Waals surface area (Å²) in [6.45, 7) is 5.40. The van der Waals surface area contributed by atoms with Gasteiger partial charge in [0.05, 0.1) is 0 Å². The molecule has 0 N–H and O–H groups in total. The van der Waals surface area contributed by atoms with Gasteiger partial charge in [-0.25, -0.2) is 0 Å². The molecule has 6 nitrogen and oxygen atoms in total. The summed E-state index contributed by atoms with van der Waals surface area (Å²) in [6, 6.07) is -0.192. The van der Waals surface area contributed by atoms with Crippen LogP contribution >= 0.6 is 0 Å². The maximum Gasteiger partial charge on any atom is 0.241 e. The van der Waals surface area contributed by atoms with Crippen molar-refractivity contribution in [3.63, 3.8) is 0 Å². The van der Waals surface area contributed by atoms with E-state index < -0.39 is 10.8 Å². The molecule has 2 rings (SSSR count). The maximum absolute atomic E-state index is 12.1. The topological polar surface area (TPSA) is 60.9 Å². The molecule has 0 aromatic carbocycles. The third-order valence-corrected chi connectivity index (χ3v) is 5.40. The van der Waals surface area contributed by atoms with Gasteiger partial charge in [-0.3, -0.25) is 18.7 Å². The van der Waals surface area contributed by atoms with Crippen molar-refractivity contribution in [2.75, 3.05) is 51.3 Å². The van der Waals surface area contributed by atoms with Crippen LogP contribution in [0.1, 0.15) is 13.3 Å². The van der Waals surface area contributed by atoms with Gasteiger partial charge in [0.25, 0.3) is 0 Å². The minimum Gasteiger partial charge on any atom is -0.343 e. The van der Waals surface area contributed by atoms with Crippen molar-refractivity contribution in [3.8, 4) is 0 Å². The summed E-state index contributed by atoms with van der Waals surface area (Å²) in [5.74, 6) is 1.14. The molecule has 0 aromatic rings. The van der Waals surface area contributed by atoms with Gasteiger partial charge >= 0.3 is 0 Å². The monoisotopic (exact) mass is 301 g/mol. The van der Waals surface area contributed by atoms with E-state index in [4.69, 9.17) is 0 Å². The minimum atomic E-state index is -0.906. The Morgan fingerprint density at radius 3 is 2.70 bits per heavy atom. The Morgan fingerprint density at radius 2 is 2.00 bits per heavy atom. The van der Waals surface area contributed by atoms with Crippen LogP contribution in [0.5, 0.6) is 0 Å². The van der Waals surface area contributed by atoms with E-state index in [-0.39, 0.29) is 17.9 Å². The zero-order valence-corrected chi connectivity index (χ0v) is 13.0. The summed E-state index contributed by atoms with van der Waals surface area (Å²) in [4.78, 5) is 29.9. The molecular weight excluding hydrogens is 278 g/mol. The van der Waals surface area contributed by atoms with E-state index in [2.05, 4.69) is 4.90 Å². The number of piperazine rings is 2. The minimum absolute atomic E-state index is 0.0208. The molecule has 0 aliphatic carbocycles. The van der Waals surface area contributed by atoms with Gasteiger partial charge in [-0.05, 0) is 0 Å². The first-order valence-electron chi connectivity index (χ1n) is 7.14.